The van der Waals surface area contributed by atoms with Crippen LogP contribution in [0.3, 0.4) is 0 Å². The summed E-state index contributed by atoms with van der Waals surface area (Å²) < 4.78 is 26.3. The van der Waals surface area contributed by atoms with E-state index in [1.165, 1.54) is 0 Å². The summed E-state index contributed by atoms with van der Waals surface area (Å²) in [6.07, 6.45) is 0.314. The maximum Gasteiger partial charge on any atom is 0.216 e. The van der Waals surface area contributed by atoms with Crippen LogP contribution in [-0.4, -0.2) is 37.4 Å². The van der Waals surface area contributed by atoms with Gasteiger partial charge in [-0.3, -0.25) is 0 Å². The highest BCUT2D eigenvalue weighted by Crippen LogP contribution is 2.13. The summed E-state index contributed by atoms with van der Waals surface area (Å²) in [5, 5.41) is 18.4. The standard InChI is InChI=1S/C12H19NO4S/c1-2-12(9-14,10-15)13-18(16,17)8-11-6-4-3-5-7-11/h3-7,13-15H,2,8-10H2,1H3. The van der Waals surface area contributed by atoms with E-state index in [1.54, 1.807) is 37.3 Å². The van der Waals surface area contributed by atoms with Gasteiger partial charge >= 0.3 is 0 Å². The first-order chi connectivity index (χ1) is 8.47. The monoisotopic (exact) mass is 273 g/mol. The predicted octanol–water partition coefficient (Wildman–Crippen LogP) is 0.239. The van der Waals surface area contributed by atoms with E-state index in [0.29, 0.717) is 12.0 Å². The van der Waals surface area contributed by atoms with Crippen molar-refractivity contribution >= 4 is 10.0 Å². The van der Waals surface area contributed by atoms with E-state index in [4.69, 9.17) is 0 Å². The third kappa shape index (κ3) is 4.06. The first kappa shape index (κ1) is 15.1. The zero-order valence-electron chi connectivity index (χ0n) is 10.3. The molecule has 5 nitrogen and oxygen atoms in total. The first-order valence-electron chi connectivity index (χ1n) is 5.74. The van der Waals surface area contributed by atoms with Crippen LogP contribution < -0.4 is 4.72 Å². The van der Waals surface area contributed by atoms with Crippen molar-refractivity contribution in [3.8, 4) is 0 Å². The molecule has 0 aromatic heterocycles. The van der Waals surface area contributed by atoms with Crippen LogP contribution in [-0.2, 0) is 15.8 Å². The molecule has 0 saturated carbocycles. The number of hydrogen-bond acceptors (Lipinski definition) is 4. The SMILES string of the molecule is CCC(CO)(CO)NS(=O)(=O)Cc1ccccc1. The van der Waals surface area contributed by atoms with Crippen molar-refractivity contribution < 1.29 is 18.6 Å². The topological polar surface area (TPSA) is 86.6 Å². The molecule has 0 aliphatic heterocycles. The molecule has 0 heterocycles. The Morgan fingerprint density at radius 2 is 1.72 bits per heavy atom. The molecule has 1 aromatic rings. The lowest BCUT2D eigenvalue weighted by Gasteiger charge is -2.29. The van der Waals surface area contributed by atoms with E-state index in [2.05, 4.69) is 4.72 Å². The van der Waals surface area contributed by atoms with Crippen LogP contribution in [0.25, 0.3) is 0 Å². The van der Waals surface area contributed by atoms with Crippen LogP contribution >= 0.6 is 0 Å². The molecular formula is C12H19NO4S. The van der Waals surface area contributed by atoms with Crippen molar-refractivity contribution in [3.63, 3.8) is 0 Å². The van der Waals surface area contributed by atoms with Crippen molar-refractivity contribution in [1.82, 2.24) is 4.72 Å². The van der Waals surface area contributed by atoms with E-state index in [-0.39, 0.29) is 5.75 Å². The van der Waals surface area contributed by atoms with Crippen LogP contribution in [0, 0.1) is 0 Å². The fourth-order valence-corrected chi connectivity index (χ4v) is 3.21. The quantitative estimate of drug-likeness (QED) is 0.664. The second-order valence-electron chi connectivity index (χ2n) is 4.30. The third-order valence-electron chi connectivity index (χ3n) is 2.85. The lowest BCUT2D eigenvalue weighted by atomic mass is 10.0. The second-order valence-corrected chi connectivity index (χ2v) is 6.02. The molecule has 0 aliphatic carbocycles. The molecule has 1 aromatic carbocycles. The maximum absolute atomic E-state index is 12.0. The Morgan fingerprint density at radius 3 is 2.17 bits per heavy atom. The van der Waals surface area contributed by atoms with Gasteiger partial charge in [-0.25, -0.2) is 13.1 Å². The van der Waals surface area contributed by atoms with Crippen molar-refractivity contribution in [2.75, 3.05) is 13.2 Å². The maximum atomic E-state index is 12.0. The van der Waals surface area contributed by atoms with Gasteiger partial charge in [-0.05, 0) is 12.0 Å². The lowest BCUT2D eigenvalue weighted by molar-refractivity contribution is 0.105. The van der Waals surface area contributed by atoms with Crippen molar-refractivity contribution in [2.24, 2.45) is 0 Å². The molecule has 0 bridgehead atoms. The van der Waals surface area contributed by atoms with Crippen molar-refractivity contribution in [3.05, 3.63) is 35.9 Å². The fraction of sp³-hybridized carbons (Fsp3) is 0.500. The summed E-state index contributed by atoms with van der Waals surface area (Å²) in [6.45, 7) is 0.833. The Balaban J connectivity index is 2.82. The summed E-state index contributed by atoms with van der Waals surface area (Å²) in [5.74, 6) is -0.171. The average molecular weight is 273 g/mol. The number of hydrogen-bond donors (Lipinski definition) is 3. The van der Waals surface area contributed by atoms with Crippen molar-refractivity contribution in [2.45, 2.75) is 24.6 Å². The molecule has 18 heavy (non-hydrogen) atoms. The number of benzene rings is 1. The minimum absolute atomic E-state index is 0.171. The van der Waals surface area contributed by atoms with E-state index in [0.717, 1.165) is 0 Å². The minimum Gasteiger partial charge on any atom is -0.394 e. The molecule has 0 radical (unpaired) electrons. The predicted molar refractivity (Wildman–Crippen MR) is 69.4 cm³/mol. The molecule has 0 saturated heterocycles. The van der Waals surface area contributed by atoms with Crippen LogP contribution in [0.4, 0.5) is 0 Å². The Hall–Kier alpha value is -0.950. The summed E-state index contributed by atoms with van der Waals surface area (Å²) in [5.41, 5.74) is -0.529. The second kappa shape index (κ2) is 6.29. The van der Waals surface area contributed by atoms with Gasteiger partial charge in [-0.1, -0.05) is 37.3 Å². The van der Waals surface area contributed by atoms with Gasteiger partial charge in [-0.2, -0.15) is 0 Å². The largest absolute Gasteiger partial charge is 0.394 e. The van der Waals surface area contributed by atoms with E-state index < -0.39 is 28.8 Å². The molecular weight excluding hydrogens is 254 g/mol. The molecule has 0 aliphatic rings. The van der Waals surface area contributed by atoms with E-state index in [9.17, 15) is 18.6 Å². The molecule has 0 unspecified atom stereocenters. The highest BCUT2D eigenvalue weighted by atomic mass is 32.2. The minimum atomic E-state index is -3.60. The van der Waals surface area contributed by atoms with Gasteiger partial charge in [0.05, 0.1) is 24.5 Å². The smallest absolute Gasteiger partial charge is 0.216 e. The molecule has 102 valence electrons. The molecule has 3 N–H and O–H groups in total. The molecule has 6 heteroatoms. The highest BCUT2D eigenvalue weighted by Gasteiger charge is 2.31. The first-order valence-corrected chi connectivity index (χ1v) is 7.39. The lowest BCUT2D eigenvalue weighted by Crippen LogP contribution is -2.53. The molecule has 0 atom stereocenters. The summed E-state index contributed by atoms with van der Waals surface area (Å²) in [6, 6.07) is 8.75. The van der Waals surface area contributed by atoms with E-state index in [1.807, 2.05) is 0 Å². The fourth-order valence-electron chi connectivity index (χ4n) is 1.57. The van der Waals surface area contributed by atoms with Gasteiger partial charge in [0.25, 0.3) is 0 Å². The van der Waals surface area contributed by atoms with Gasteiger partial charge < -0.3 is 10.2 Å². The normalized spacial score (nSPS) is 12.6. The van der Waals surface area contributed by atoms with Gasteiger partial charge in [0.1, 0.15) is 0 Å². The Bertz CT molecular complexity index is 446. The molecule has 0 amide bonds. The third-order valence-corrected chi connectivity index (χ3v) is 4.31. The van der Waals surface area contributed by atoms with Crippen LogP contribution in [0.15, 0.2) is 30.3 Å². The summed E-state index contributed by atoms with van der Waals surface area (Å²) >= 11 is 0. The number of nitrogens with one attached hydrogen (secondary N) is 1. The molecule has 0 fully saturated rings. The highest BCUT2D eigenvalue weighted by molar-refractivity contribution is 7.88. The zero-order valence-corrected chi connectivity index (χ0v) is 11.2. The number of aliphatic hydroxyl groups is 2. The zero-order chi connectivity index (χ0) is 13.6. The van der Waals surface area contributed by atoms with Gasteiger partial charge in [-0.15, -0.1) is 0 Å². The van der Waals surface area contributed by atoms with Gasteiger partial charge in [0.2, 0.25) is 10.0 Å². The summed E-state index contributed by atoms with van der Waals surface area (Å²) in [4.78, 5) is 0. The van der Waals surface area contributed by atoms with Gasteiger partial charge in [0, 0.05) is 0 Å². The molecule has 0 spiro atoms. The number of rotatable bonds is 7. The summed E-state index contributed by atoms with van der Waals surface area (Å²) in [7, 11) is -3.60. The van der Waals surface area contributed by atoms with Crippen LogP contribution in [0.1, 0.15) is 18.9 Å². The van der Waals surface area contributed by atoms with E-state index >= 15 is 0 Å². The van der Waals surface area contributed by atoms with Gasteiger partial charge in [0.15, 0.2) is 0 Å². The Kier molecular flexibility index (Phi) is 5.28. The average Bonchev–Trinajstić information content (AvgIpc) is 2.37. The number of sulfonamides is 1. The van der Waals surface area contributed by atoms with Crippen LogP contribution in [0.5, 0.6) is 0 Å². The Morgan fingerprint density at radius 1 is 1.17 bits per heavy atom. The van der Waals surface area contributed by atoms with Crippen molar-refractivity contribution in [1.29, 1.82) is 0 Å². The number of aliphatic hydroxyl groups excluding tert-OH is 2. The molecule has 1 rings (SSSR count). The van der Waals surface area contributed by atoms with Crippen LogP contribution in [0.2, 0.25) is 0 Å². The Labute approximate surface area is 108 Å².